The lowest BCUT2D eigenvalue weighted by molar-refractivity contribution is -0.140. The maximum absolute atomic E-state index is 13.6. The monoisotopic (exact) mass is 426 g/mol. The molecule has 0 radical (unpaired) electrons. The largest absolute Gasteiger partial charge is 0.496 e. The number of methoxy groups -OCH3 is 1. The smallest absolute Gasteiger partial charge is 0.227 e. The van der Waals surface area contributed by atoms with Crippen molar-refractivity contribution < 1.29 is 9.53 Å². The second kappa shape index (κ2) is 9.84. The number of nitrogens with zero attached hydrogens (tertiary/aromatic N) is 1. The van der Waals surface area contributed by atoms with Gasteiger partial charge in [-0.25, -0.2) is 0 Å². The Bertz CT molecular complexity index is 851. The van der Waals surface area contributed by atoms with Crippen LogP contribution >= 0.6 is 11.6 Å². The zero-order valence-corrected chi connectivity index (χ0v) is 18.4. The predicted octanol–water partition coefficient (Wildman–Crippen LogP) is 5.71. The quantitative estimate of drug-likeness (QED) is 0.643. The second-order valence-corrected chi connectivity index (χ2v) is 8.87. The Labute approximate surface area is 184 Å². The van der Waals surface area contributed by atoms with Crippen LogP contribution in [0.4, 0.5) is 0 Å². The lowest BCUT2D eigenvalue weighted by Gasteiger charge is -2.35. The number of benzene rings is 2. The summed E-state index contributed by atoms with van der Waals surface area (Å²) in [5.41, 5.74) is 2.28. The van der Waals surface area contributed by atoms with Gasteiger partial charge >= 0.3 is 0 Å². The van der Waals surface area contributed by atoms with E-state index in [0.717, 1.165) is 37.0 Å². The fraction of sp³-hybridized carbons (Fsp3) is 0.480. The van der Waals surface area contributed by atoms with Crippen molar-refractivity contribution in [2.75, 3.05) is 7.11 Å². The highest BCUT2D eigenvalue weighted by Gasteiger charge is 2.40. The molecule has 1 aliphatic carbocycles. The van der Waals surface area contributed by atoms with Crippen LogP contribution in [0.25, 0.3) is 0 Å². The number of carbonyl (C=O) groups excluding carboxylic acids is 1. The van der Waals surface area contributed by atoms with Crippen molar-refractivity contribution in [1.82, 2.24) is 10.2 Å². The van der Waals surface area contributed by atoms with E-state index in [-0.39, 0.29) is 18.1 Å². The predicted molar refractivity (Wildman–Crippen MR) is 120 cm³/mol. The summed E-state index contributed by atoms with van der Waals surface area (Å²) in [4.78, 5) is 15.8. The van der Waals surface area contributed by atoms with Gasteiger partial charge in [-0.1, -0.05) is 67.3 Å². The van der Waals surface area contributed by atoms with Gasteiger partial charge in [-0.05, 0) is 43.4 Å². The number of ether oxygens (including phenoxy) is 1. The first kappa shape index (κ1) is 21.2. The van der Waals surface area contributed by atoms with E-state index in [9.17, 15) is 4.79 Å². The van der Waals surface area contributed by atoms with E-state index in [1.54, 1.807) is 7.11 Å². The summed E-state index contributed by atoms with van der Waals surface area (Å²) in [5, 5.41) is 4.31. The number of likely N-dealkylation sites (tertiary alicyclic amines) is 1. The molecule has 0 bridgehead atoms. The standard InChI is InChI=1S/C25H31ClN2O2/c1-30-23-16-21(26)13-12-20(23)17-27-24-15-14-22(18-8-4-2-5-9-18)28(24)25(29)19-10-6-3-7-11-19/h2,4-5,8-9,12-13,16,19,22,24,27H,3,6-7,10-11,14-15,17H2,1H3. The first-order valence-electron chi connectivity index (χ1n) is 11.1. The van der Waals surface area contributed by atoms with Gasteiger partial charge in [-0.3, -0.25) is 10.1 Å². The van der Waals surface area contributed by atoms with Crippen LogP contribution in [-0.4, -0.2) is 24.1 Å². The fourth-order valence-corrected chi connectivity index (χ4v) is 5.14. The summed E-state index contributed by atoms with van der Waals surface area (Å²) in [6.07, 6.45) is 7.60. The molecule has 2 unspecified atom stereocenters. The molecule has 1 amide bonds. The Hall–Kier alpha value is -2.04. The van der Waals surface area contributed by atoms with E-state index in [2.05, 4.69) is 34.5 Å². The minimum absolute atomic E-state index is 0.0324. The van der Waals surface area contributed by atoms with E-state index >= 15 is 0 Å². The average Bonchev–Trinajstić information content (AvgIpc) is 3.22. The molecule has 2 aromatic carbocycles. The van der Waals surface area contributed by atoms with Crippen LogP contribution in [0.1, 0.15) is 62.1 Å². The molecule has 1 heterocycles. The molecular weight excluding hydrogens is 396 g/mol. The molecule has 1 saturated heterocycles. The molecule has 4 nitrogen and oxygen atoms in total. The van der Waals surface area contributed by atoms with Gasteiger partial charge in [0.25, 0.3) is 0 Å². The van der Waals surface area contributed by atoms with Crippen molar-refractivity contribution >= 4 is 17.5 Å². The van der Waals surface area contributed by atoms with Crippen molar-refractivity contribution in [1.29, 1.82) is 0 Å². The third-order valence-corrected chi connectivity index (χ3v) is 6.79. The molecule has 0 spiro atoms. The van der Waals surface area contributed by atoms with Crippen molar-refractivity contribution in [2.24, 2.45) is 5.92 Å². The van der Waals surface area contributed by atoms with Crippen molar-refractivity contribution in [3.05, 3.63) is 64.7 Å². The van der Waals surface area contributed by atoms with E-state index in [0.29, 0.717) is 17.5 Å². The lowest BCUT2D eigenvalue weighted by atomic mass is 9.88. The molecule has 0 aromatic heterocycles. The molecule has 2 fully saturated rings. The molecule has 2 atom stereocenters. The van der Waals surface area contributed by atoms with Gasteiger partial charge in [0.1, 0.15) is 5.75 Å². The summed E-state index contributed by atoms with van der Waals surface area (Å²) < 4.78 is 5.50. The first-order valence-corrected chi connectivity index (χ1v) is 11.5. The van der Waals surface area contributed by atoms with Gasteiger partial charge in [0, 0.05) is 23.0 Å². The highest BCUT2D eigenvalue weighted by atomic mass is 35.5. The van der Waals surface area contributed by atoms with Crippen LogP contribution < -0.4 is 10.1 Å². The normalized spacial score (nSPS) is 22.3. The molecule has 30 heavy (non-hydrogen) atoms. The first-order chi connectivity index (χ1) is 14.7. The van der Waals surface area contributed by atoms with E-state index in [1.807, 2.05) is 24.3 Å². The minimum Gasteiger partial charge on any atom is -0.496 e. The van der Waals surface area contributed by atoms with Gasteiger partial charge < -0.3 is 9.64 Å². The van der Waals surface area contributed by atoms with Gasteiger partial charge in [-0.15, -0.1) is 0 Å². The highest BCUT2D eigenvalue weighted by Crippen LogP contribution is 2.38. The minimum atomic E-state index is 0.0324. The third-order valence-electron chi connectivity index (χ3n) is 6.56. The van der Waals surface area contributed by atoms with E-state index < -0.39 is 0 Å². The molecule has 2 aromatic rings. The second-order valence-electron chi connectivity index (χ2n) is 8.44. The van der Waals surface area contributed by atoms with Crippen LogP contribution in [0.5, 0.6) is 5.75 Å². The van der Waals surface area contributed by atoms with E-state index in [1.165, 1.54) is 24.8 Å². The van der Waals surface area contributed by atoms with Crippen LogP contribution in [0, 0.1) is 5.92 Å². The molecule has 1 aliphatic heterocycles. The maximum Gasteiger partial charge on any atom is 0.227 e. The van der Waals surface area contributed by atoms with Crippen LogP contribution in [0.15, 0.2) is 48.5 Å². The molecule has 1 saturated carbocycles. The van der Waals surface area contributed by atoms with Crippen molar-refractivity contribution in [3.8, 4) is 5.75 Å². The van der Waals surface area contributed by atoms with Gasteiger partial charge in [0.15, 0.2) is 0 Å². The molecule has 160 valence electrons. The third kappa shape index (κ3) is 4.65. The Kier molecular flexibility index (Phi) is 6.96. The number of rotatable bonds is 6. The number of nitrogens with one attached hydrogen (secondary N) is 1. The highest BCUT2D eigenvalue weighted by molar-refractivity contribution is 6.30. The average molecular weight is 427 g/mol. The number of halogens is 1. The molecule has 2 aliphatic rings. The van der Waals surface area contributed by atoms with Crippen molar-refractivity contribution in [2.45, 2.75) is 63.7 Å². The van der Waals surface area contributed by atoms with Crippen molar-refractivity contribution in [3.63, 3.8) is 0 Å². The maximum atomic E-state index is 13.6. The van der Waals surface area contributed by atoms with Gasteiger partial charge in [-0.2, -0.15) is 0 Å². The SMILES string of the molecule is COc1cc(Cl)ccc1CNC1CCC(c2ccccc2)N1C(=O)C1CCCCC1. The zero-order chi connectivity index (χ0) is 20.9. The summed E-state index contributed by atoms with van der Waals surface area (Å²) in [7, 11) is 1.66. The Morgan fingerprint density at radius 1 is 1.07 bits per heavy atom. The van der Waals surface area contributed by atoms with E-state index in [4.69, 9.17) is 16.3 Å². The number of hydrogen-bond acceptors (Lipinski definition) is 3. The Morgan fingerprint density at radius 3 is 2.57 bits per heavy atom. The molecule has 1 N–H and O–H groups in total. The van der Waals surface area contributed by atoms with Crippen LogP contribution in [0.3, 0.4) is 0 Å². The van der Waals surface area contributed by atoms with Gasteiger partial charge in [0.05, 0.1) is 19.3 Å². The van der Waals surface area contributed by atoms with Crippen LogP contribution in [0.2, 0.25) is 5.02 Å². The van der Waals surface area contributed by atoms with Crippen LogP contribution in [-0.2, 0) is 11.3 Å². The molecule has 5 heteroatoms. The lowest BCUT2D eigenvalue weighted by Crippen LogP contribution is -2.48. The summed E-state index contributed by atoms with van der Waals surface area (Å²) in [6, 6.07) is 16.3. The summed E-state index contributed by atoms with van der Waals surface area (Å²) in [5.74, 6) is 1.26. The zero-order valence-electron chi connectivity index (χ0n) is 17.6. The number of hydrogen-bond donors (Lipinski definition) is 1. The van der Waals surface area contributed by atoms with Gasteiger partial charge in [0.2, 0.25) is 5.91 Å². The molecular formula is C25H31ClN2O2. The number of amides is 1. The topological polar surface area (TPSA) is 41.6 Å². The number of carbonyl (C=O) groups is 1. The summed E-state index contributed by atoms with van der Waals surface area (Å²) >= 11 is 6.11. The Balaban J connectivity index is 1.54. The summed E-state index contributed by atoms with van der Waals surface area (Å²) in [6.45, 7) is 0.640. The molecule has 4 rings (SSSR count). The Morgan fingerprint density at radius 2 is 1.83 bits per heavy atom. The fourth-order valence-electron chi connectivity index (χ4n) is 4.97.